The van der Waals surface area contributed by atoms with E-state index in [0.29, 0.717) is 11.8 Å². The van der Waals surface area contributed by atoms with Crippen molar-refractivity contribution in [1.82, 2.24) is 0 Å². The van der Waals surface area contributed by atoms with E-state index < -0.39 is 0 Å². The molecule has 0 bridgehead atoms. The zero-order chi connectivity index (χ0) is 17.0. The van der Waals surface area contributed by atoms with Crippen molar-refractivity contribution in [2.75, 3.05) is 0 Å². The molecule has 0 aliphatic heterocycles. The monoisotopic (exact) mass is 426 g/mol. The summed E-state index contributed by atoms with van der Waals surface area (Å²) in [7, 11) is 0. The molecule has 26 heavy (non-hydrogen) atoms. The molecule has 0 aliphatic rings. The van der Waals surface area contributed by atoms with Crippen molar-refractivity contribution >= 4 is 0 Å². The standard InChI is InChI=1S/C14H16.2C5H5.2Fe/c1-11(13-7-3-4-8-13)12(2)14-9-5-6-10-14;2*1-2-4-5-3-1;;/h3-12H,1-2H3;2*1-5H;;/q-2;2*-1;2*+2. The maximum atomic E-state index is 2.30. The largest absolute Gasteiger partial charge is 2.00 e. The van der Waals surface area contributed by atoms with Gasteiger partial charge in [-0.1, -0.05) is 25.7 Å². The number of hydrogen-bond donors (Lipinski definition) is 0. The Balaban J connectivity index is 0.000000432. The van der Waals surface area contributed by atoms with Crippen LogP contribution in [0.3, 0.4) is 0 Å². The Bertz CT molecular complexity index is 588. The minimum absolute atomic E-state index is 0. The fraction of sp³-hybridized carbons (Fsp3) is 0.167. The second-order valence-corrected chi connectivity index (χ2v) is 5.94. The van der Waals surface area contributed by atoms with Crippen LogP contribution in [0, 0.1) is 0 Å². The first-order valence-corrected chi connectivity index (χ1v) is 8.55. The van der Waals surface area contributed by atoms with Gasteiger partial charge < -0.3 is 0 Å². The molecule has 4 rings (SSSR count). The van der Waals surface area contributed by atoms with Crippen molar-refractivity contribution in [1.29, 1.82) is 0 Å². The third-order valence-corrected chi connectivity index (χ3v) is 4.29. The quantitative estimate of drug-likeness (QED) is 0.249. The SMILES string of the molecule is CC([c-]1cccc1)C(C)[c-]1cccc1.[Fe+2].[Fe+2].c1cc[cH-]c1.c1cc[cH-]c1. The van der Waals surface area contributed by atoms with E-state index in [1.807, 2.05) is 60.7 Å². The van der Waals surface area contributed by atoms with Crippen molar-refractivity contribution in [2.45, 2.75) is 25.7 Å². The van der Waals surface area contributed by atoms with E-state index in [1.165, 1.54) is 11.1 Å². The molecule has 0 aliphatic carbocycles. The summed E-state index contributed by atoms with van der Waals surface area (Å²) < 4.78 is 0. The van der Waals surface area contributed by atoms with Gasteiger partial charge in [0.05, 0.1) is 0 Å². The summed E-state index contributed by atoms with van der Waals surface area (Å²) in [6.07, 6.45) is 0. The zero-order valence-corrected chi connectivity index (χ0v) is 17.5. The smallest absolute Gasteiger partial charge is 0.214 e. The van der Waals surface area contributed by atoms with E-state index in [2.05, 4.69) is 62.4 Å². The van der Waals surface area contributed by atoms with Crippen LogP contribution < -0.4 is 0 Å². The van der Waals surface area contributed by atoms with Crippen LogP contribution in [0.1, 0.15) is 36.8 Å². The fourth-order valence-electron chi connectivity index (χ4n) is 2.60. The predicted octanol–water partition coefficient (Wildman–Crippen LogP) is 6.84. The Morgan fingerprint density at radius 1 is 0.500 bits per heavy atom. The maximum absolute atomic E-state index is 2.30. The van der Waals surface area contributed by atoms with Gasteiger partial charge in [-0.05, 0) is 0 Å². The van der Waals surface area contributed by atoms with Crippen LogP contribution in [0.4, 0.5) is 0 Å². The molecule has 0 fully saturated rings. The topological polar surface area (TPSA) is 0 Å². The van der Waals surface area contributed by atoms with Gasteiger partial charge in [0.2, 0.25) is 0 Å². The van der Waals surface area contributed by atoms with Crippen LogP contribution in [-0.2, 0) is 34.1 Å². The zero-order valence-electron chi connectivity index (χ0n) is 15.3. The van der Waals surface area contributed by atoms with Crippen molar-refractivity contribution < 1.29 is 34.1 Å². The van der Waals surface area contributed by atoms with Gasteiger partial charge in [0.25, 0.3) is 0 Å². The molecular weight excluding hydrogens is 400 g/mol. The summed E-state index contributed by atoms with van der Waals surface area (Å²) in [5, 5.41) is 0. The van der Waals surface area contributed by atoms with Crippen molar-refractivity contribution in [3.63, 3.8) is 0 Å². The van der Waals surface area contributed by atoms with Gasteiger partial charge in [0.15, 0.2) is 0 Å². The molecule has 2 heteroatoms. The van der Waals surface area contributed by atoms with E-state index in [4.69, 9.17) is 0 Å². The molecule has 0 nitrogen and oxygen atoms in total. The third-order valence-electron chi connectivity index (χ3n) is 4.29. The average Bonchev–Trinajstić information content (AvgIpc) is 3.41. The Hall–Kier alpha value is -1.56. The van der Waals surface area contributed by atoms with Gasteiger partial charge in [0, 0.05) is 0 Å². The molecule has 0 N–H and O–H groups in total. The first kappa shape index (κ1) is 24.4. The van der Waals surface area contributed by atoms with E-state index in [9.17, 15) is 0 Å². The summed E-state index contributed by atoms with van der Waals surface area (Å²) in [6.45, 7) is 4.60. The third kappa shape index (κ3) is 8.70. The van der Waals surface area contributed by atoms with Gasteiger partial charge in [-0.15, -0.1) is 0 Å². The molecule has 138 valence electrons. The molecule has 0 spiro atoms. The normalized spacial score (nSPS) is 11.3. The van der Waals surface area contributed by atoms with Crippen LogP contribution in [0.2, 0.25) is 0 Å². The molecule has 4 aromatic rings. The summed E-state index contributed by atoms with van der Waals surface area (Å²) in [6, 6.07) is 37.3. The molecule has 0 saturated carbocycles. The van der Waals surface area contributed by atoms with Gasteiger partial charge in [-0.2, -0.15) is 71.8 Å². The Morgan fingerprint density at radius 3 is 0.962 bits per heavy atom. The van der Waals surface area contributed by atoms with Crippen LogP contribution in [-0.4, -0.2) is 0 Å². The van der Waals surface area contributed by atoms with Gasteiger partial charge in [-0.3, -0.25) is 0 Å². The minimum atomic E-state index is 0. The maximum Gasteiger partial charge on any atom is 2.00 e. The Kier molecular flexibility index (Phi) is 13.7. The molecule has 4 aromatic carbocycles. The number of hydrogen-bond acceptors (Lipinski definition) is 0. The summed E-state index contributed by atoms with van der Waals surface area (Å²) >= 11 is 0. The van der Waals surface area contributed by atoms with Crippen LogP contribution in [0.5, 0.6) is 0 Å². The van der Waals surface area contributed by atoms with Crippen LogP contribution in [0.25, 0.3) is 0 Å². The van der Waals surface area contributed by atoms with Crippen molar-refractivity contribution in [3.05, 3.63) is 120 Å². The van der Waals surface area contributed by atoms with E-state index in [0.717, 1.165) is 0 Å². The molecule has 0 amide bonds. The second-order valence-electron chi connectivity index (χ2n) is 5.94. The Labute approximate surface area is 179 Å². The molecule has 0 heterocycles. The van der Waals surface area contributed by atoms with E-state index >= 15 is 0 Å². The first-order chi connectivity index (χ1) is 11.8. The molecule has 0 saturated heterocycles. The summed E-state index contributed by atoms with van der Waals surface area (Å²) in [5.41, 5.74) is 2.89. The summed E-state index contributed by atoms with van der Waals surface area (Å²) in [5.74, 6) is 1.21. The van der Waals surface area contributed by atoms with Gasteiger partial charge in [-0.25, -0.2) is 48.5 Å². The van der Waals surface area contributed by atoms with E-state index in [1.54, 1.807) is 0 Å². The van der Waals surface area contributed by atoms with Crippen molar-refractivity contribution in [2.24, 2.45) is 0 Å². The Morgan fingerprint density at radius 2 is 0.769 bits per heavy atom. The van der Waals surface area contributed by atoms with E-state index in [-0.39, 0.29) is 34.1 Å². The summed E-state index contributed by atoms with van der Waals surface area (Å²) in [4.78, 5) is 0. The van der Waals surface area contributed by atoms with Crippen LogP contribution >= 0.6 is 0 Å². The molecule has 0 radical (unpaired) electrons. The molecule has 2 unspecified atom stereocenters. The second kappa shape index (κ2) is 14.6. The number of rotatable bonds is 3. The fourth-order valence-corrected chi connectivity index (χ4v) is 2.60. The van der Waals surface area contributed by atoms with Crippen LogP contribution in [0.15, 0.2) is 109 Å². The van der Waals surface area contributed by atoms with Crippen molar-refractivity contribution in [3.8, 4) is 0 Å². The van der Waals surface area contributed by atoms with Gasteiger partial charge in [0.1, 0.15) is 0 Å². The molecular formula is C24H26Fe2. The van der Waals surface area contributed by atoms with Gasteiger partial charge >= 0.3 is 34.1 Å². The predicted molar refractivity (Wildman–Crippen MR) is 105 cm³/mol. The minimum Gasteiger partial charge on any atom is -0.214 e. The first-order valence-electron chi connectivity index (χ1n) is 8.55. The average molecular weight is 426 g/mol. The molecule has 0 aromatic heterocycles. The molecule has 2 atom stereocenters.